The first-order valence-corrected chi connectivity index (χ1v) is 6.44. The maximum Gasteiger partial charge on any atom is 0.244 e. The van der Waals surface area contributed by atoms with Gasteiger partial charge in [0.1, 0.15) is 12.4 Å². The second kappa shape index (κ2) is 5.44. The molecule has 2 rings (SSSR count). The summed E-state index contributed by atoms with van der Waals surface area (Å²) in [6.07, 6.45) is 3.27. The quantitative estimate of drug-likeness (QED) is 0.867. The van der Waals surface area contributed by atoms with E-state index < -0.39 is 0 Å². The summed E-state index contributed by atoms with van der Waals surface area (Å²) in [5.41, 5.74) is 1.86. The summed E-state index contributed by atoms with van der Waals surface area (Å²) in [4.78, 5) is 22.6. The second-order valence-electron chi connectivity index (χ2n) is 5.01. The first-order chi connectivity index (χ1) is 8.63. The van der Waals surface area contributed by atoms with Crippen LogP contribution in [0.3, 0.4) is 0 Å². The Morgan fingerprint density at radius 1 is 1.61 bits per heavy atom. The van der Waals surface area contributed by atoms with E-state index in [9.17, 15) is 4.79 Å². The summed E-state index contributed by atoms with van der Waals surface area (Å²) < 4.78 is 0. The summed E-state index contributed by atoms with van der Waals surface area (Å²) in [5.74, 6) is 0.599. The normalized spacial score (nSPS) is 17.9. The van der Waals surface area contributed by atoms with E-state index >= 15 is 0 Å². The lowest BCUT2D eigenvalue weighted by Crippen LogP contribution is -2.40. The highest BCUT2D eigenvalue weighted by Gasteiger charge is 2.32. The van der Waals surface area contributed by atoms with Crippen molar-refractivity contribution >= 4 is 5.91 Å². The Morgan fingerprint density at radius 3 is 3.06 bits per heavy atom. The van der Waals surface area contributed by atoms with E-state index in [0.29, 0.717) is 12.5 Å². The van der Waals surface area contributed by atoms with Gasteiger partial charge in [-0.05, 0) is 12.8 Å². The predicted molar refractivity (Wildman–Crippen MR) is 68.7 cm³/mol. The summed E-state index contributed by atoms with van der Waals surface area (Å²) in [6.45, 7) is 8.42. The predicted octanol–water partition coefficient (Wildman–Crippen LogP) is 1.13. The van der Waals surface area contributed by atoms with Gasteiger partial charge in [-0.2, -0.15) is 0 Å². The molecule has 1 N–H and O–H groups in total. The van der Waals surface area contributed by atoms with Gasteiger partial charge in [-0.1, -0.05) is 13.8 Å². The van der Waals surface area contributed by atoms with Crippen LogP contribution in [0.1, 0.15) is 38.1 Å². The maximum atomic E-state index is 12.5. The minimum Gasteiger partial charge on any atom is -0.341 e. The third-order valence-corrected chi connectivity index (χ3v) is 3.14. The highest BCUT2D eigenvalue weighted by Crippen LogP contribution is 2.24. The van der Waals surface area contributed by atoms with Crippen LogP contribution in [0.15, 0.2) is 12.5 Å². The molecule has 0 aliphatic carbocycles. The lowest BCUT2D eigenvalue weighted by molar-refractivity contribution is -0.133. The van der Waals surface area contributed by atoms with E-state index in [2.05, 4.69) is 29.1 Å². The molecule has 1 aliphatic heterocycles. The van der Waals surface area contributed by atoms with Crippen LogP contribution in [0.25, 0.3) is 0 Å². The van der Waals surface area contributed by atoms with Gasteiger partial charge in [0.15, 0.2) is 0 Å². The molecule has 0 saturated carbocycles. The summed E-state index contributed by atoms with van der Waals surface area (Å²) in [6, 6.07) is -0.278. The van der Waals surface area contributed by atoms with Gasteiger partial charge in [0.2, 0.25) is 5.91 Å². The molecule has 0 saturated heterocycles. The van der Waals surface area contributed by atoms with E-state index in [0.717, 1.165) is 24.3 Å². The monoisotopic (exact) mass is 248 g/mol. The van der Waals surface area contributed by atoms with E-state index in [-0.39, 0.29) is 11.9 Å². The number of nitrogens with one attached hydrogen (secondary N) is 1. The zero-order valence-electron chi connectivity index (χ0n) is 11.2. The standard InChI is InChI=1S/C13H20N4O/c1-4-17(7-9(2)3)13(18)12-10-5-14-8-16-11(10)6-15-12/h5,8-9,12,15H,4,6-7H2,1-3H3. The van der Waals surface area contributed by atoms with Crippen LogP contribution in [-0.4, -0.2) is 33.9 Å². The van der Waals surface area contributed by atoms with Crippen molar-refractivity contribution in [2.24, 2.45) is 5.92 Å². The number of carbonyl (C=O) groups is 1. The zero-order chi connectivity index (χ0) is 13.1. The number of carbonyl (C=O) groups excluding carboxylic acids is 1. The Balaban J connectivity index is 2.15. The van der Waals surface area contributed by atoms with Crippen molar-refractivity contribution in [3.63, 3.8) is 0 Å². The Bertz CT molecular complexity index is 433. The molecular weight excluding hydrogens is 228 g/mol. The van der Waals surface area contributed by atoms with Gasteiger partial charge in [-0.15, -0.1) is 0 Å². The molecule has 0 bridgehead atoms. The molecule has 1 aromatic heterocycles. The molecule has 2 heterocycles. The van der Waals surface area contributed by atoms with Gasteiger partial charge < -0.3 is 4.90 Å². The van der Waals surface area contributed by atoms with Crippen LogP contribution in [0.2, 0.25) is 0 Å². The van der Waals surface area contributed by atoms with Crippen LogP contribution in [-0.2, 0) is 11.3 Å². The lowest BCUT2D eigenvalue weighted by atomic mass is 10.1. The van der Waals surface area contributed by atoms with Crippen molar-refractivity contribution in [1.29, 1.82) is 0 Å². The molecule has 5 heteroatoms. The van der Waals surface area contributed by atoms with Crippen molar-refractivity contribution in [2.75, 3.05) is 13.1 Å². The molecular formula is C13H20N4O. The summed E-state index contributed by atoms with van der Waals surface area (Å²) >= 11 is 0. The average Bonchev–Trinajstić information content (AvgIpc) is 2.78. The molecule has 0 spiro atoms. The van der Waals surface area contributed by atoms with E-state index in [1.54, 1.807) is 6.20 Å². The average molecular weight is 248 g/mol. The van der Waals surface area contributed by atoms with E-state index in [4.69, 9.17) is 0 Å². The van der Waals surface area contributed by atoms with Crippen molar-refractivity contribution < 1.29 is 4.79 Å². The Labute approximate surface area is 108 Å². The molecule has 0 aromatic carbocycles. The van der Waals surface area contributed by atoms with Crippen LogP contribution in [0, 0.1) is 5.92 Å². The van der Waals surface area contributed by atoms with E-state index in [1.807, 2.05) is 11.8 Å². The van der Waals surface area contributed by atoms with Gasteiger partial charge in [0.05, 0.1) is 5.69 Å². The topological polar surface area (TPSA) is 58.1 Å². The van der Waals surface area contributed by atoms with Crippen molar-refractivity contribution in [1.82, 2.24) is 20.2 Å². The molecule has 1 atom stereocenters. The molecule has 98 valence electrons. The molecule has 1 unspecified atom stereocenters. The molecule has 1 amide bonds. The van der Waals surface area contributed by atoms with Crippen LogP contribution < -0.4 is 5.32 Å². The summed E-state index contributed by atoms with van der Waals surface area (Å²) in [5, 5.41) is 3.22. The number of rotatable bonds is 4. The molecule has 0 fully saturated rings. The van der Waals surface area contributed by atoms with Gasteiger partial charge >= 0.3 is 0 Å². The minimum absolute atomic E-state index is 0.125. The Morgan fingerprint density at radius 2 is 2.39 bits per heavy atom. The van der Waals surface area contributed by atoms with Gasteiger partial charge in [0, 0.05) is 31.4 Å². The number of aromatic nitrogens is 2. The maximum absolute atomic E-state index is 12.5. The first-order valence-electron chi connectivity index (χ1n) is 6.44. The smallest absolute Gasteiger partial charge is 0.244 e. The molecule has 5 nitrogen and oxygen atoms in total. The number of nitrogens with zero attached hydrogens (tertiary/aromatic N) is 3. The minimum atomic E-state index is -0.278. The van der Waals surface area contributed by atoms with Crippen molar-refractivity contribution in [2.45, 2.75) is 33.4 Å². The van der Waals surface area contributed by atoms with Crippen molar-refractivity contribution in [3.05, 3.63) is 23.8 Å². The molecule has 18 heavy (non-hydrogen) atoms. The van der Waals surface area contributed by atoms with E-state index in [1.165, 1.54) is 6.33 Å². The number of hydrogen-bond donors (Lipinski definition) is 1. The number of amides is 1. The number of fused-ring (bicyclic) bond motifs is 1. The van der Waals surface area contributed by atoms with Crippen molar-refractivity contribution in [3.8, 4) is 0 Å². The Kier molecular flexibility index (Phi) is 3.91. The fourth-order valence-electron chi connectivity index (χ4n) is 2.28. The highest BCUT2D eigenvalue weighted by atomic mass is 16.2. The first kappa shape index (κ1) is 13.0. The van der Waals surface area contributed by atoms with Crippen LogP contribution in [0.4, 0.5) is 0 Å². The number of likely N-dealkylation sites (N-methyl/N-ethyl adjacent to an activating group) is 1. The van der Waals surface area contributed by atoms with Gasteiger partial charge in [0.25, 0.3) is 0 Å². The fourth-order valence-corrected chi connectivity index (χ4v) is 2.28. The fraction of sp³-hybridized carbons (Fsp3) is 0.615. The van der Waals surface area contributed by atoms with Crippen LogP contribution >= 0.6 is 0 Å². The zero-order valence-corrected chi connectivity index (χ0v) is 11.2. The third kappa shape index (κ3) is 2.51. The molecule has 0 radical (unpaired) electrons. The third-order valence-electron chi connectivity index (χ3n) is 3.14. The van der Waals surface area contributed by atoms with Gasteiger partial charge in [-0.25, -0.2) is 9.97 Å². The number of hydrogen-bond acceptors (Lipinski definition) is 4. The lowest BCUT2D eigenvalue weighted by Gasteiger charge is -2.26. The van der Waals surface area contributed by atoms with Crippen LogP contribution in [0.5, 0.6) is 0 Å². The highest BCUT2D eigenvalue weighted by molar-refractivity contribution is 5.84. The SMILES string of the molecule is CCN(CC(C)C)C(=O)C1NCc2ncncc21. The Hall–Kier alpha value is -1.49. The molecule has 1 aromatic rings. The molecule has 1 aliphatic rings. The second-order valence-corrected chi connectivity index (χ2v) is 5.01. The van der Waals surface area contributed by atoms with Gasteiger partial charge in [-0.3, -0.25) is 10.1 Å². The summed E-state index contributed by atoms with van der Waals surface area (Å²) in [7, 11) is 0. The largest absolute Gasteiger partial charge is 0.341 e.